The van der Waals surface area contributed by atoms with Gasteiger partial charge in [-0.15, -0.1) is 0 Å². The lowest BCUT2D eigenvalue weighted by Gasteiger charge is -2.23. The topological polar surface area (TPSA) is 47.9 Å². The summed E-state index contributed by atoms with van der Waals surface area (Å²) in [6, 6.07) is 1.87. The third kappa shape index (κ3) is 2.91. The summed E-state index contributed by atoms with van der Waals surface area (Å²) in [5, 5.41) is 0. The number of isocyanates is 1. The van der Waals surface area contributed by atoms with Crippen LogP contribution in [0.1, 0.15) is 12.8 Å². The first kappa shape index (κ1) is 12.7. The first-order valence-electron chi connectivity index (χ1n) is 5.52. The minimum absolute atomic E-state index is 0.126. The van der Waals surface area contributed by atoms with E-state index in [1.54, 1.807) is 0 Å². The lowest BCUT2D eigenvalue weighted by Crippen LogP contribution is -2.26. The van der Waals surface area contributed by atoms with Crippen molar-refractivity contribution in [2.75, 3.05) is 13.2 Å². The maximum atomic E-state index is 13.6. The molecule has 0 saturated carbocycles. The molecule has 0 bridgehead atoms. The summed E-state index contributed by atoms with van der Waals surface area (Å²) in [7, 11) is 0. The fourth-order valence-corrected chi connectivity index (χ4v) is 1.74. The monoisotopic (exact) mass is 255 g/mol. The minimum Gasteiger partial charge on any atom is -0.484 e. The molecule has 1 fully saturated rings. The molecule has 18 heavy (non-hydrogen) atoms. The zero-order chi connectivity index (χ0) is 13.0. The average molecular weight is 255 g/mol. The number of carbonyl (C=O) groups excluding carboxylic acids is 1. The lowest BCUT2D eigenvalue weighted by molar-refractivity contribution is 0.0223. The number of hydrogen-bond donors (Lipinski definition) is 0. The van der Waals surface area contributed by atoms with Crippen LogP contribution in [-0.4, -0.2) is 25.4 Å². The Bertz CT molecular complexity index is 457. The summed E-state index contributed by atoms with van der Waals surface area (Å²) in [6.45, 7) is 1.03. The number of benzene rings is 1. The number of ether oxygens (including phenoxy) is 2. The molecule has 1 saturated heterocycles. The first-order chi connectivity index (χ1) is 8.70. The van der Waals surface area contributed by atoms with Crippen molar-refractivity contribution in [1.29, 1.82) is 0 Å². The molecule has 4 nitrogen and oxygen atoms in total. The molecule has 6 heteroatoms. The second-order valence-corrected chi connectivity index (χ2v) is 3.87. The molecule has 0 spiro atoms. The number of rotatable bonds is 3. The molecule has 0 N–H and O–H groups in total. The van der Waals surface area contributed by atoms with Crippen LogP contribution in [0.25, 0.3) is 0 Å². The van der Waals surface area contributed by atoms with Crippen molar-refractivity contribution >= 4 is 11.8 Å². The van der Waals surface area contributed by atoms with E-state index in [0.29, 0.717) is 26.1 Å². The van der Waals surface area contributed by atoms with E-state index in [1.165, 1.54) is 6.08 Å². The van der Waals surface area contributed by atoms with E-state index >= 15 is 0 Å². The van der Waals surface area contributed by atoms with Gasteiger partial charge in [-0.2, -0.15) is 4.99 Å². The lowest BCUT2D eigenvalue weighted by atomic mass is 10.1. The standard InChI is InChI=1S/C12H11F2NO3/c13-10-5-8(15-7-16)6-11(14)12(10)18-9-1-3-17-4-2-9/h5-6,9H,1-4H2. The van der Waals surface area contributed by atoms with Crippen molar-refractivity contribution in [3.8, 4) is 5.75 Å². The molecule has 1 heterocycles. The van der Waals surface area contributed by atoms with Crippen LogP contribution in [0.5, 0.6) is 5.75 Å². The Balaban J connectivity index is 2.19. The van der Waals surface area contributed by atoms with Gasteiger partial charge in [0, 0.05) is 25.0 Å². The zero-order valence-electron chi connectivity index (χ0n) is 9.49. The molecule has 0 atom stereocenters. The van der Waals surface area contributed by atoms with Gasteiger partial charge in [-0.1, -0.05) is 0 Å². The Morgan fingerprint density at radius 1 is 1.28 bits per heavy atom. The molecule has 1 aliphatic rings. The molecule has 2 rings (SSSR count). The van der Waals surface area contributed by atoms with Gasteiger partial charge in [0.1, 0.15) is 6.10 Å². The highest BCUT2D eigenvalue weighted by Crippen LogP contribution is 2.29. The minimum atomic E-state index is -0.879. The van der Waals surface area contributed by atoms with Gasteiger partial charge in [-0.05, 0) is 0 Å². The zero-order valence-corrected chi connectivity index (χ0v) is 9.49. The maximum Gasteiger partial charge on any atom is 0.240 e. The number of nitrogens with zero attached hydrogens (tertiary/aromatic N) is 1. The number of hydrogen-bond acceptors (Lipinski definition) is 4. The quantitative estimate of drug-likeness (QED) is 0.615. The highest BCUT2D eigenvalue weighted by molar-refractivity contribution is 5.51. The van der Waals surface area contributed by atoms with Crippen LogP contribution in [0.15, 0.2) is 17.1 Å². The third-order valence-electron chi connectivity index (χ3n) is 2.61. The van der Waals surface area contributed by atoms with E-state index in [4.69, 9.17) is 9.47 Å². The summed E-state index contributed by atoms with van der Waals surface area (Å²) in [4.78, 5) is 13.2. The molecule has 96 valence electrons. The van der Waals surface area contributed by atoms with Crippen molar-refractivity contribution in [1.82, 2.24) is 0 Å². The predicted octanol–water partition coefficient (Wildman–Crippen LogP) is 2.49. The van der Waals surface area contributed by atoms with Crippen molar-refractivity contribution in [2.45, 2.75) is 18.9 Å². The molecule has 0 unspecified atom stereocenters. The van der Waals surface area contributed by atoms with Crippen molar-refractivity contribution in [3.63, 3.8) is 0 Å². The van der Waals surface area contributed by atoms with Crippen LogP contribution in [0.2, 0.25) is 0 Å². The molecule has 0 radical (unpaired) electrons. The van der Waals surface area contributed by atoms with E-state index in [0.717, 1.165) is 12.1 Å². The average Bonchev–Trinajstić information content (AvgIpc) is 2.36. The maximum absolute atomic E-state index is 13.6. The normalized spacial score (nSPS) is 16.1. The fourth-order valence-electron chi connectivity index (χ4n) is 1.74. The molecular weight excluding hydrogens is 244 g/mol. The summed E-state index contributed by atoms with van der Waals surface area (Å²) in [5.41, 5.74) is -0.126. The van der Waals surface area contributed by atoms with Gasteiger partial charge in [-0.25, -0.2) is 13.6 Å². The molecule has 0 aliphatic carbocycles. The van der Waals surface area contributed by atoms with Gasteiger partial charge in [-0.3, -0.25) is 0 Å². The van der Waals surface area contributed by atoms with Gasteiger partial charge < -0.3 is 9.47 Å². The highest BCUT2D eigenvalue weighted by atomic mass is 19.1. The summed E-state index contributed by atoms with van der Waals surface area (Å²) in [5.74, 6) is -2.20. The Morgan fingerprint density at radius 2 is 1.89 bits per heavy atom. The Kier molecular flexibility index (Phi) is 4.02. The Labute approximate surface area is 102 Å². The van der Waals surface area contributed by atoms with E-state index in [1.807, 2.05) is 0 Å². The van der Waals surface area contributed by atoms with Crippen molar-refractivity contribution in [3.05, 3.63) is 23.8 Å². The van der Waals surface area contributed by atoms with E-state index < -0.39 is 17.4 Å². The van der Waals surface area contributed by atoms with Crippen LogP contribution in [-0.2, 0) is 9.53 Å². The van der Waals surface area contributed by atoms with Crippen molar-refractivity contribution in [2.24, 2.45) is 4.99 Å². The van der Waals surface area contributed by atoms with Gasteiger partial charge in [0.2, 0.25) is 6.08 Å². The van der Waals surface area contributed by atoms with Gasteiger partial charge in [0.05, 0.1) is 18.9 Å². The first-order valence-corrected chi connectivity index (χ1v) is 5.52. The number of halogens is 2. The van der Waals surface area contributed by atoms with Gasteiger partial charge in [0.25, 0.3) is 0 Å². The highest BCUT2D eigenvalue weighted by Gasteiger charge is 2.20. The summed E-state index contributed by atoms with van der Waals surface area (Å²) in [6.07, 6.45) is 2.14. The van der Waals surface area contributed by atoms with Crippen LogP contribution in [0.3, 0.4) is 0 Å². The molecule has 1 aromatic carbocycles. The number of aliphatic imine (C=N–C) groups is 1. The second-order valence-electron chi connectivity index (χ2n) is 3.87. The molecule has 1 aliphatic heterocycles. The fraction of sp³-hybridized carbons (Fsp3) is 0.417. The van der Waals surface area contributed by atoms with E-state index in [2.05, 4.69) is 4.99 Å². The molecule has 0 amide bonds. The van der Waals surface area contributed by atoms with E-state index in [9.17, 15) is 13.6 Å². The largest absolute Gasteiger partial charge is 0.484 e. The van der Waals surface area contributed by atoms with Crippen LogP contribution in [0, 0.1) is 11.6 Å². The molecule has 0 aromatic heterocycles. The van der Waals surface area contributed by atoms with Crippen LogP contribution < -0.4 is 4.74 Å². The molecular formula is C12H11F2NO3. The van der Waals surface area contributed by atoms with Gasteiger partial charge >= 0.3 is 0 Å². The third-order valence-corrected chi connectivity index (χ3v) is 2.61. The summed E-state index contributed by atoms with van der Waals surface area (Å²) >= 11 is 0. The smallest absolute Gasteiger partial charge is 0.240 e. The van der Waals surface area contributed by atoms with Crippen LogP contribution >= 0.6 is 0 Å². The second kappa shape index (κ2) is 5.71. The predicted molar refractivity (Wildman–Crippen MR) is 58.6 cm³/mol. The summed E-state index contributed by atoms with van der Waals surface area (Å²) < 4.78 is 37.6. The van der Waals surface area contributed by atoms with Crippen LogP contribution in [0.4, 0.5) is 14.5 Å². The Morgan fingerprint density at radius 3 is 2.44 bits per heavy atom. The SMILES string of the molecule is O=C=Nc1cc(F)c(OC2CCOCC2)c(F)c1. The van der Waals surface area contributed by atoms with E-state index in [-0.39, 0.29) is 11.8 Å². The Hall–Kier alpha value is -1.78. The van der Waals surface area contributed by atoms with Crippen molar-refractivity contribution < 1.29 is 23.0 Å². The molecule has 1 aromatic rings. The van der Waals surface area contributed by atoms with Gasteiger partial charge in [0.15, 0.2) is 17.4 Å².